The summed E-state index contributed by atoms with van der Waals surface area (Å²) in [5, 5.41) is 11.1. The van der Waals surface area contributed by atoms with Crippen molar-refractivity contribution in [3.63, 3.8) is 0 Å². The lowest BCUT2D eigenvalue weighted by molar-refractivity contribution is -0.126. The first kappa shape index (κ1) is 21.2. The van der Waals surface area contributed by atoms with Gasteiger partial charge in [-0.2, -0.15) is 0 Å². The summed E-state index contributed by atoms with van der Waals surface area (Å²) < 4.78 is 0. The van der Waals surface area contributed by atoms with Crippen molar-refractivity contribution >= 4 is 39.6 Å². The Morgan fingerprint density at radius 1 is 1.19 bits per heavy atom. The van der Waals surface area contributed by atoms with E-state index in [-0.39, 0.29) is 17.7 Å². The summed E-state index contributed by atoms with van der Waals surface area (Å²) in [6, 6.07) is 9.50. The molecule has 1 aromatic carbocycles. The zero-order valence-electron chi connectivity index (χ0n) is 17.0. The number of amides is 2. The molecule has 0 saturated carbocycles. The maximum atomic E-state index is 12.8. The fourth-order valence-electron chi connectivity index (χ4n) is 3.42. The van der Waals surface area contributed by atoms with Gasteiger partial charge in [0.05, 0.1) is 5.01 Å². The highest BCUT2D eigenvalue weighted by Crippen LogP contribution is 2.31. The van der Waals surface area contributed by atoms with Gasteiger partial charge in [0.2, 0.25) is 5.13 Å². The van der Waals surface area contributed by atoms with Gasteiger partial charge in [0.15, 0.2) is 0 Å². The summed E-state index contributed by atoms with van der Waals surface area (Å²) in [6.45, 7) is 3.69. The topological polar surface area (TPSA) is 79.3 Å². The van der Waals surface area contributed by atoms with Crippen LogP contribution in [-0.2, 0) is 4.79 Å². The number of carbonyl (C=O) groups is 2. The predicted molar refractivity (Wildman–Crippen MR) is 121 cm³/mol. The number of carbonyl (C=O) groups excluding carboxylic acids is 2. The van der Waals surface area contributed by atoms with Crippen LogP contribution in [0.3, 0.4) is 0 Å². The fourth-order valence-corrected chi connectivity index (χ4v) is 5.01. The van der Waals surface area contributed by atoms with Gasteiger partial charge in [-0.05, 0) is 31.9 Å². The highest BCUT2D eigenvalue weighted by atomic mass is 32.1. The van der Waals surface area contributed by atoms with Crippen LogP contribution in [0.15, 0.2) is 41.2 Å². The van der Waals surface area contributed by atoms with Crippen molar-refractivity contribution in [3.05, 3.63) is 57.5 Å². The van der Waals surface area contributed by atoms with Crippen molar-refractivity contribution in [1.29, 1.82) is 0 Å². The van der Waals surface area contributed by atoms with Crippen LogP contribution in [0, 0.1) is 11.8 Å². The van der Waals surface area contributed by atoms with Gasteiger partial charge in [-0.25, -0.2) is 4.98 Å². The molecule has 2 aromatic heterocycles. The lowest BCUT2D eigenvalue weighted by Gasteiger charge is -2.29. The van der Waals surface area contributed by atoms with Gasteiger partial charge in [0.25, 0.3) is 11.8 Å². The molecule has 0 spiro atoms. The molecule has 0 unspecified atom stereocenters. The number of piperidine rings is 1. The van der Waals surface area contributed by atoms with Gasteiger partial charge in [0.1, 0.15) is 11.2 Å². The third-order valence-corrected chi connectivity index (χ3v) is 6.82. The van der Waals surface area contributed by atoms with E-state index in [1.54, 1.807) is 15.3 Å². The van der Waals surface area contributed by atoms with Crippen molar-refractivity contribution in [2.45, 2.75) is 25.7 Å². The minimum atomic E-state index is -0.162. The number of likely N-dealkylation sites (tertiary alicyclic amines) is 1. The molecule has 1 aliphatic heterocycles. The van der Waals surface area contributed by atoms with Crippen LogP contribution in [0.25, 0.3) is 0 Å². The summed E-state index contributed by atoms with van der Waals surface area (Å²) in [5.41, 5.74) is 2.88. The van der Waals surface area contributed by atoms with Crippen molar-refractivity contribution in [2.24, 2.45) is 0 Å². The van der Waals surface area contributed by atoms with Gasteiger partial charge >= 0.3 is 0 Å². The van der Waals surface area contributed by atoms with Crippen LogP contribution in [0.1, 0.15) is 46.7 Å². The first-order valence-corrected chi connectivity index (χ1v) is 11.8. The average molecular weight is 452 g/mol. The molecule has 3 heterocycles. The smallest absolute Gasteiger partial charge is 0.298 e. The third kappa shape index (κ3) is 4.98. The lowest BCUT2D eigenvalue weighted by atomic mass is 9.97. The lowest BCUT2D eigenvalue weighted by Crippen LogP contribution is -2.37. The van der Waals surface area contributed by atoms with E-state index >= 15 is 0 Å². The molecular formula is C22H21N5O2S2. The van der Waals surface area contributed by atoms with Gasteiger partial charge in [0, 0.05) is 42.4 Å². The average Bonchev–Trinajstić information content (AvgIpc) is 3.51. The molecule has 31 heavy (non-hydrogen) atoms. The molecule has 9 heteroatoms. The highest BCUT2D eigenvalue weighted by Gasteiger charge is 2.27. The SMILES string of the molecule is CCN(C(=O)c1csc(C2CCN(C(=O)C#Cc3ccccc3)CC2)n1)c1nncs1. The number of aromatic nitrogens is 3. The molecule has 0 bridgehead atoms. The van der Waals surface area contributed by atoms with Crippen molar-refractivity contribution in [3.8, 4) is 11.8 Å². The molecule has 1 fully saturated rings. The van der Waals surface area contributed by atoms with E-state index in [9.17, 15) is 9.59 Å². The zero-order valence-corrected chi connectivity index (χ0v) is 18.7. The number of benzene rings is 1. The quantitative estimate of drug-likeness (QED) is 0.568. The van der Waals surface area contributed by atoms with Gasteiger partial charge in [-0.3, -0.25) is 14.5 Å². The first-order chi connectivity index (χ1) is 15.2. The molecule has 0 atom stereocenters. The Hall–Kier alpha value is -3.09. The van der Waals surface area contributed by atoms with E-state index in [1.807, 2.05) is 42.6 Å². The number of rotatable bonds is 4. The molecule has 0 N–H and O–H groups in total. The van der Waals surface area contributed by atoms with E-state index in [0.29, 0.717) is 30.5 Å². The molecule has 1 aliphatic rings. The first-order valence-electron chi connectivity index (χ1n) is 10.0. The molecule has 2 amide bonds. The van der Waals surface area contributed by atoms with E-state index in [1.165, 1.54) is 22.7 Å². The van der Waals surface area contributed by atoms with Crippen molar-refractivity contribution in [2.75, 3.05) is 24.5 Å². The molecule has 4 rings (SSSR count). The molecule has 0 aliphatic carbocycles. The molecule has 158 valence electrons. The summed E-state index contributed by atoms with van der Waals surface area (Å²) in [4.78, 5) is 33.2. The number of hydrogen-bond acceptors (Lipinski definition) is 7. The van der Waals surface area contributed by atoms with Crippen LogP contribution < -0.4 is 4.90 Å². The zero-order chi connectivity index (χ0) is 21.6. The van der Waals surface area contributed by atoms with Gasteiger partial charge in [-0.1, -0.05) is 35.5 Å². The van der Waals surface area contributed by atoms with Crippen molar-refractivity contribution < 1.29 is 9.59 Å². The van der Waals surface area contributed by atoms with Gasteiger partial charge in [-0.15, -0.1) is 21.5 Å². The Bertz CT molecular complexity index is 1090. The van der Waals surface area contributed by atoms with Crippen LogP contribution >= 0.6 is 22.7 Å². The second-order valence-corrected chi connectivity index (χ2v) is 8.73. The molecule has 7 nitrogen and oxygen atoms in total. The van der Waals surface area contributed by atoms with E-state index < -0.39 is 0 Å². The number of nitrogens with zero attached hydrogens (tertiary/aromatic N) is 5. The predicted octanol–water partition coefficient (Wildman–Crippen LogP) is 3.42. The Balaban J connectivity index is 1.35. The largest absolute Gasteiger partial charge is 0.332 e. The molecular weight excluding hydrogens is 430 g/mol. The highest BCUT2D eigenvalue weighted by molar-refractivity contribution is 7.13. The Morgan fingerprint density at radius 3 is 2.65 bits per heavy atom. The third-order valence-electron chi connectivity index (χ3n) is 5.10. The number of anilines is 1. The van der Waals surface area contributed by atoms with E-state index in [2.05, 4.69) is 27.0 Å². The minimum absolute atomic E-state index is 0.145. The summed E-state index contributed by atoms with van der Waals surface area (Å²) in [6.07, 6.45) is 1.63. The fraction of sp³-hybridized carbons (Fsp3) is 0.318. The minimum Gasteiger partial charge on any atom is -0.332 e. The summed E-state index contributed by atoms with van der Waals surface area (Å²) >= 11 is 2.83. The van der Waals surface area contributed by atoms with Gasteiger partial charge < -0.3 is 4.90 Å². The Labute approximate surface area is 188 Å². The Kier molecular flexibility index (Phi) is 6.70. The molecule has 1 saturated heterocycles. The summed E-state index contributed by atoms with van der Waals surface area (Å²) in [7, 11) is 0. The molecule has 3 aromatic rings. The van der Waals surface area contributed by atoms with E-state index in [4.69, 9.17) is 0 Å². The molecule has 0 radical (unpaired) electrons. The summed E-state index contributed by atoms with van der Waals surface area (Å²) in [5.74, 6) is 5.60. The van der Waals surface area contributed by atoms with Crippen LogP contribution in [-0.4, -0.2) is 51.5 Å². The maximum Gasteiger partial charge on any atom is 0.298 e. The van der Waals surface area contributed by atoms with E-state index in [0.717, 1.165) is 23.4 Å². The number of thiazole rings is 1. The second kappa shape index (κ2) is 9.81. The standard InChI is InChI=1S/C22H21N5O2S2/c1-2-27(22-25-23-15-31-22)21(29)18-14-30-20(24-18)17-10-12-26(13-11-17)19(28)9-8-16-6-4-3-5-7-16/h3-7,14-15,17H,2,10-13H2,1H3. The monoisotopic (exact) mass is 451 g/mol. The van der Waals surface area contributed by atoms with Crippen LogP contribution in [0.5, 0.6) is 0 Å². The van der Waals surface area contributed by atoms with Crippen LogP contribution in [0.4, 0.5) is 5.13 Å². The van der Waals surface area contributed by atoms with Crippen LogP contribution in [0.2, 0.25) is 0 Å². The number of hydrogen-bond donors (Lipinski definition) is 0. The van der Waals surface area contributed by atoms with Crippen molar-refractivity contribution in [1.82, 2.24) is 20.1 Å². The normalized spacial score (nSPS) is 14.0. The maximum absolute atomic E-state index is 12.8. The second-order valence-electron chi connectivity index (χ2n) is 7.02. The Morgan fingerprint density at radius 2 is 1.97 bits per heavy atom.